The van der Waals surface area contributed by atoms with Gasteiger partial charge in [-0.3, -0.25) is 4.79 Å². The molecule has 1 aliphatic rings. The summed E-state index contributed by atoms with van der Waals surface area (Å²) < 4.78 is 27.1. The second-order valence-corrected chi connectivity index (χ2v) is 11.1. The van der Waals surface area contributed by atoms with Gasteiger partial charge < -0.3 is 4.90 Å². The van der Waals surface area contributed by atoms with Crippen molar-refractivity contribution in [2.45, 2.75) is 11.4 Å². The molecular weight excluding hydrogens is 505 g/mol. The Bertz CT molecular complexity index is 1360. The molecular formula is C21H19Cl2N5O3S2. The fourth-order valence-electron chi connectivity index (χ4n) is 3.28. The number of rotatable bonds is 5. The van der Waals surface area contributed by atoms with Crippen LogP contribution >= 0.6 is 34.5 Å². The van der Waals surface area contributed by atoms with Crippen molar-refractivity contribution in [2.24, 2.45) is 0 Å². The van der Waals surface area contributed by atoms with Gasteiger partial charge in [-0.05, 0) is 36.3 Å². The molecule has 4 rings (SSSR count). The molecule has 0 unspecified atom stereocenters. The molecule has 0 radical (unpaired) electrons. The highest BCUT2D eigenvalue weighted by molar-refractivity contribution is 7.89. The van der Waals surface area contributed by atoms with E-state index >= 15 is 0 Å². The summed E-state index contributed by atoms with van der Waals surface area (Å²) in [4.78, 5) is 17.6. The van der Waals surface area contributed by atoms with E-state index in [9.17, 15) is 13.2 Å². The molecule has 0 saturated heterocycles. The summed E-state index contributed by atoms with van der Waals surface area (Å²) in [6.45, 7) is 0.468. The van der Waals surface area contributed by atoms with E-state index in [1.165, 1.54) is 32.8 Å². The lowest BCUT2D eigenvalue weighted by Crippen LogP contribution is -2.35. The SMILES string of the molecule is CN(C)C(=O)c1ccc(-c2nnc(C3=CCN(S(=O)(=O)c4ncccc4Cl)CC3)s2)cc1Cl. The van der Waals surface area contributed by atoms with Crippen molar-refractivity contribution in [3.63, 3.8) is 0 Å². The van der Waals surface area contributed by atoms with E-state index in [1.807, 2.05) is 6.08 Å². The topological polar surface area (TPSA) is 96.4 Å². The summed E-state index contributed by atoms with van der Waals surface area (Å²) in [5, 5.41) is 10.2. The lowest BCUT2D eigenvalue weighted by molar-refractivity contribution is 0.0828. The molecule has 8 nitrogen and oxygen atoms in total. The van der Waals surface area contributed by atoms with Crippen LogP contribution < -0.4 is 0 Å². The number of hydrogen-bond acceptors (Lipinski definition) is 7. The summed E-state index contributed by atoms with van der Waals surface area (Å²) in [7, 11) is -0.460. The van der Waals surface area contributed by atoms with Crippen LogP contribution in [0.3, 0.4) is 0 Å². The lowest BCUT2D eigenvalue weighted by Gasteiger charge is -2.24. The Morgan fingerprint density at radius 3 is 2.52 bits per heavy atom. The Balaban J connectivity index is 1.52. The standard InChI is InChI=1S/C21H19Cl2N5O3S2/c1-27(2)21(29)15-6-5-14(12-17(15)23)19-26-25-18(32-19)13-7-10-28(11-8-13)33(30,31)20-16(22)4-3-9-24-20/h3-7,9,12H,8,10-11H2,1-2H3. The first-order valence-electron chi connectivity index (χ1n) is 9.83. The Hall–Kier alpha value is -2.37. The van der Waals surface area contributed by atoms with Gasteiger partial charge in [0, 0.05) is 38.9 Å². The Kier molecular flexibility index (Phi) is 6.83. The second-order valence-electron chi connectivity index (χ2n) is 7.44. The summed E-state index contributed by atoms with van der Waals surface area (Å²) in [6.07, 6.45) is 3.71. The van der Waals surface area contributed by atoms with Crippen LogP contribution in [0.5, 0.6) is 0 Å². The maximum absolute atomic E-state index is 12.9. The minimum Gasteiger partial charge on any atom is -0.345 e. The Morgan fingerprint density at radius 1 is 1.12 bits per heavy atom. The van der Waals surface area contributed by atoms with Gasteiger partial charge in [-0.25, -0.2) is 13.4 Å². The minimum absolute atomic E-state index is 0.0954. The first-order chi connectivity index (χ1) is 15.7. The average Bonchev–Trinajstić information content (AvgIpc) is 3.29. The predicted octanol–water partition coefficient (Wildman–Crippen LogP) is 4.09. The fraction of sp³-hybridized carbons (Fsp3) is 0.238. The molecule has 1 aromatic carbocycles. The first-order valence-corrected chi connectivity index (χ1v) is 12.8. The molecule has 1 amide bonds. The van der Waals surface area contributed by atoms with Crippen LogP contribution in [0.25, 0.3) is 16.1 Å². The maximum Gasteiger partial charge on any atom is 0.262 e. The molecule has 0 spiro atoms. The third kappa shape index (κ3) is 4.80. The zero-order chi connectivity index (χ0) is 23.8. The van der Waals surface area contributed by atoms with Crippen LogP contribution in [0, 0.1) is 0 Å². The van der Waals surface area contributed by atoms with Gasteiger partial charge in [0.2, 0.25) is 0 Å². The number of amides is 1. The van der Waals surface area contributed by atoms with Crippen LogP contribution in [0.15, 0.2) is 47.6 Å². The number of sulfonamides is 1. The van der Waals surface area contributed by atoms with Crippen LogP contribution in [0.2, 0.25) is 10.0 Å². The lowest BCUT2D eigenvalue weighted by atomic mass is 10.1. The molecule has 0 bridgehead atoms. The van der Waals surface area contributed by atoms with Gasteiger partial charge in [0.15, 0.2) is 5.03 Å². The second kappa shape index (κ2) is 9.47. The first kappa shape index (κ1) is 23.8. The molecule has 0 saturated carbocycles. The fourth-order valence-corrected chi connectivity index (χ4v) is 6.22. The van der Waals surface area contributed by atoms with E-state index in [-0.39, 0.29) is 29.0 Å². The average molecular weight is 524 g/mol. The number of nitrogens with zero attached hydrogens (tertiary/aromatic N) is 5. The minimum atomic E-state index is -3.79. The highest BCUT2D eigenvalue weighted by atomic mass is 35.5. The summed E-state index contributed by atoms with van der Waals surface area (Å²) in [6, 6.07) is 8.25. The molecule has 2 aromatic heterocycles. The third-order valence-electron chi connectivity index (χ3n) is 5.03. The van der Waals surface area contributed by atoms with Gasteiger partial charge in [0.25, 0.3) is 15.9 Å². The number of carbonyl (C=O) groups is 1. The predicted molar refractivity (Wildman–Crippen MR) is 129 cm³/mol. The van der Waals surface area contributed by atoms with Crippen LogP contribution in [-0.2, 0) is 10.0 Å². The van der Waals surface area contributed by atoms with Gasteiger partial charge >= 0.3 is 0 Å². The van der Waals surface area contributed by atoms with Crippen molar-refractivity contribution in [3.05, 3.63) is 63.2 Å². The molecule has 0 atom stereocenters. The van der Waals surface area contributed by atoms with Gasteiger partial charge in [-0.15, -0.1) is 10.2 Å². The van der Waals surface area contributed by atoms with E-state index in [4.69, 9.17) is 23.2 Å². The van der Waals surface area contributed by atoms with Crippen molar-refractivity contribution >= 4 is 56.0 Å². The van der Waals surface area contributed by atoms with Crippen molar-refractivity contribution in [1.82, 2.24) is 24.4 Å². The van der Waals surface area contributed by atoms with E-state index in [0.29, 0.717) is 27.0 Å². The summed E-state index contributed by atoms with van der Waals surface area (Å²) in [5.74, 6) is -0.177. The van der Waals surface area contributed by atoms with E-state index in [0.717, 1.165) is 11.1 Å². The number of pyridine rings is 1. The summed E-state index contributed by atoms with van der Waals surface area (Å²) in [5.41, 5.74) is 2.09. The molecule has 0 N–H and O–H groups in total. The van der Waals surface area contributed by atoms with Gasteiger partial charge in [0.05, 0.1) is 15.6 Å². The third-order valence-corrected chi connectivity index (χ3v) is 8.64. The molecule has 3 heterocycles. The van der Waals surface area contributed by atoms with Crippen LogP contribution in [0.1, 0.15) is 21.8 Å². The van der Waals surface area contributed by atoms with Crippen LogP contribution in [0.4, 0.5) is 0 Å². The van der Waals surface area contributed by atoms with Gasteiger partial charge in [-0.1, -0.05) is 46.7 Å². The largest absolute Gasteiger partial charge is 0.345 e. The quantitative estimate of drug-likeness (QED) is 0.499. The van der Waals surface area contributed by atoms with E-state index < -0.39 is 10.0 Å². The number of aromatic nitrogens is 3. The van der Waals surface area contributed by atoms with E-state index in [2.05, 4.69) is 15.2 Å². The molecule has 0 aliphatic carbocycles. The normalized spacial score (nSPS) is 14.7. The Labute approximate surface area is 205 Å². The van der Waals surface area contributed by atoms with Crippen molar-refractivity contribution in [3.8, 4) is 10.6 Å². The zero-order valence-electron chi connectivity index (χ0n) is 17.7. The molecule has 0 fully saturated rings. The maximum atomic E-state index is 12.9. The number of carbonyl (C=O) groups excluding carboxylic acids is 1. The van der Waals surface area contributed by atoms with Crippen molar-refractivity contribution in [1.29, 1.82) is 0 Å². The molecule has 33 heavy (non-hydrogen) atoms. The molecule has 3 aromatic rings. The van der Waals surface area contributed by atoms with Crippen molar-refractivity contribution in [2.75, 3.05) is 27.2 Å². The van der Waals surface area contributed by atoms with Gasteiger partial charge in [-0.2, -0.15) is 4.31 Å². The number of benzene rings is 1. The smallest absolute Gasteiger partial charge is 0.262 e. The van der Waals surface area contributed by atoms with Gasteiger partial charge in [0.1, 0.15) is 10.0 Å². The number of halogens is 2. The monoisotopic (exact) mass is 523 g/mol. The van der Waals surface area contributed by atoms with Crippen LogP contribution in [-0.4, -0.2) is 65.9 Å². The van der Waals surface area contributed by atoms with Crippen molar-refractivity contribution < 1.29 is 13.2 Å². The zero-order valence-corrected chi connectivity index (χ0v) is 20.8. The number of hydrogen-bond donors (Lipinski definition) is 0. The molecule has 12 heteroatoms. The highest BCUT2D eigenvalue weighted by Gasteiger charge is 2.30. The highest BCUT2D eigenvalue weighted by Crippen LogP contribution is 2.33. The van der Waals surface area contributed by atoms with E-state index in [1.54, 1.807) is 38.4 Å². The Morgan fingerprint density at radius 2 is 1.88 bits per heavy atom. The molecule has 172 valence electrons. The molecule has 1 aliphatic heterocycles. The summed E-state index contributed by atoms with van der Waals surface area (Å²) >= 11 is 13.7.